The van der Waals surface area contributed by atoms with E-state index < -0.39 is 11.2 Å². The third-order valence-electron chi connectivity index (χ3n) is 1.89. The molecule has 0 aromatic heterocycles. The maximum absolute atomic E-state index is 10.6. The van der Waals surface area contributed by atoms with Gasteiger partial charge in [0.2, 0.25) is 0 Å². The normalized spacial score (nSPS) is 19.1. The Morgan fingerprint density at radius 1 is 1.57 bits per heavy atom. The van der Waals surface area contributed by atoms with Gasteiger partial charge in [-0.05, 0) is 6.92 Å². The van der Waals surface area contributed by atoms with Gasteiger partial charge in [0, 0.05) is 24.6 Å². The molecule has 0 radical (unpaired) electrons. The number of thiocarbonyl (C=S) groups is 1. The molecule has 1 unspecified atom stereocenters. The molecule has 14 heavy (non-hydrogen) atoms. The van der Waals surface area contributed by atoms with E-state index in [9.17, 15) is 4.79 Å². The second-order valence-electron chi connectivity index (χ2n) is 2.96. The van der Waals surface area contributed by atoms with Gasteiger partial charge in [0.15, 0.2) is 0 Å². The molecule has 0 aromatic carbocycles. The Labute approximate surface area is 97.6 Å². The van der Waals surface area contributed by atoms with E-state index in [0.717, 1.165) is 28.9 Å². The highest BCUT2D eigenvalue weighted by Gasteiger charge is 2.19. The van der Waals surface area contributed by atoms with Gasteiger partial charge in [0.25, 0.3) is 0 Å². The Morgan fingerprint density at radius 2 is 2.14 bits per heavy atom. The summed E-state index contributed by atoms with van der Waals surface area (Å²) in [5, 5.41) is 8.28. The highest BCUT2D eigenvalue weighted by Crippen LogP contribution is 2.19. The molecule has 1 fully saturated rings. The maximum Gasteiger partial charge on any atom is 0.316 e. The molecule has 1 aliphatic heterocycles. The molecule has 0 aliphatic carbocycles. The van der Waals surface area contributed by atoms with Crippen molar-refractivity contribution in [2.24, 2.45) is 0 Å². The van der Waals surface area contributed by atoms with Crippen LogP contribution in [0.3, 0.4) is 0 Å². The molecule has 80 valence electrons. The number of hydrogen-bond donors (Lipinski definition) is 1. The van der Waals surface area contributed by atoms with Gasteiger partial charge in [0.1, 0.15) is 9.57 Å². The van der Waals surface area contributed by atoms with Crippen LogP contribution in [0.15, 0.2) is 0 Å². The lowest BCUT2D eigenvalue weighted by Crippen LogP contribution is -2.36. The first-order valence-corrected chi connectivity index (χ1v) is 6.81. The molecular weight excluding hydrogens is 238 g/mol. The lowest BCUT2D eigenvalue weighted by Gasteiger charge is -2.28. The van der Waals surface area contributed by atoms with Gasteiger partial charge < -0.3 is 10.0 Å². The second kappa shape index (κ2) is 5.82. The van der Waals surface area contributed by atoms with Gasteiger partial charge in [-0.2, -0.15) is 11.8 Å². The van der Waals surface area contributed by atoms with Crippen LogP contribution in [0.2, 0.25) is 0 Å². The summed E-state index contributed by atoms with van der Waals surface area (Å²) in [4.78, 5) is 12.7. The van der Waals surface area contributed by atoms with Crippen LogP contribution in [0.4, 0.5) is 0 Å². The molecule has 0 bridgehead atoms. The monoisotopic (exact) mass is 251 g/mol. The largest absolute Gasteiger partial charge is 0.480 e. The van der Waals surface area contributed by atoms with Crippen LogP contribution >= 0.6 is 35.7 Å². The van der Waals surface area contributed by atoms with E-state index in [4.69, 9.17) is 17.3 Å². The van der Waals surface area contributed by atoms with E-state index in [2.05, 4.69) is 4.90 Å². The molecule has 0 spiro atoms. The quantitative estimate of drug-likeness (QED) is 0.751. The van der Waals surface area contributed by atoms with E-state index >= 15 is 0 Å². The smallest absolute Gasteiger partial charge is 0.316 e. The van der Waals surface area contributed by atoms with Gasteiger partial charge >= 0.3 is 5.97 Å². The van der Waals surface area contributed by atoms with Crippen molar-refractivity contribution in [2.75, 3.05) is 24.6 Å². The Balaban J connectivity index is 2.36. The van der Waals surface area contributed by atoms with E-state index in [1.807, 2.05) is 11.8 Å². The summed E-state index contributed by atoms with van der Waals surface area (Å²) in [6, 6.07) is 0. The van der Waals surface area contributed by atoms with Crippen molar-refractivity contribution in [3.05, 3.63) is 0 Å². The van der Waals surface area contributed by atoms with E-state index in [0.29, 0.717) is 0 Å². The molecule has 0 aromatic rings. The van der Waals surface area contributed by atoms with Crippen LogP contribution in [0.25, 0.3) is 0 Å². The zero-order valence-corrected chi connectivity index (χ0v) is 10.4. The van der Waals surface area contributed by atoms with Crippen molar-refractivity contribution in [3.8, 4) is 0 Å². The van der Waals surface area contributed by atoms with Crippen molar-refractivity contribution < 1.29 is 9.90 Å². The standard InChI is InChI=1S/C8H13NO2S3/c1-6(7(10)11)14-8(12)9-2-4-13-5-3-9/h6H,2-5H2,1H3,(H,10,11). The van der Waals surface area contributed by atoms with E-state index in [1.54, 1.807) is 6.92 Å². The lowest BCUT2D eigenvalue weighted by molar-refractivity contribution is -0.136. The molecule has 6 heteroatoms. The summed E-state index contributed by atoms with van der Waals surface area (Å²) in [5.74, 6) is 1.37. The summed E-state index contributed by atoms with van der Waals surface area (Å²) in [6.07, 6.45) is 0. The van der Waals surface area contributed by atoms with Gasteiger partial charge in [-0.25, -0.2) is 0 Å². The van der Waals surface area contributed by atoms with Crippen LogP contribution < -0.4 is 0 Å². The number of carboxylic acids is 1. The van der Waals surface area contributed by atoms with Crippen molar-refractivity contribution in [1.29, 1.82) is 0 Å². The Hall–Kier alpha value is 0.0600. The summed E-state index contributed by atoms with van der Waals surface area (Å²) in [6.45, 7) is 3.56. The Morgan fingerprint density at radius 3 is 2.64 bits per heavy atom. The number of aliphatic carboxylic acids is 1. The molecule has 0 saturated carbocycles. The predicted molar refractivity (Wildman–Crippen MR) is 66.2 cm³/mol. The van der Waals surface area contributed by atoms with Crippen molar-refractivity contribution in [1.82, 2.24) is 4.90 Å². The first-order valence-electron chi connectivity index (χ1n) is 4.37. The minimum Gasteiger partial charge on any atom is -0.480 e. The number of hydrogen-bond acceptors (Lipinski definition) is 4. The summed E-state index contributed by atoms with van der Waals surface area (Å²) in [7, 11) is 0. The zero-order valence-electron chi connectivity index (χ0n) is 7.93. The molecule has 1 N–H and O–H groups in total. The highest BCUT2D eigenvalue weighted by molar-refractivity contribution is 8.23. The average Bonchev–Trinajstić information content (AvgIpc) is 2.19. The fraction of sp³-hybridized carbons (Fsp3) is 0.750. The van der Waals surface area contributed by atoms with Crippen LogP contribution in [0.1, 0.15) is 6.92 Å². The Kier molecular flexibility index (Phi) is 5.05. The van der Waals surface area contributed by atoms with E-state index in [-0.39, 0.29) is 0 Å². The van der Waals surface area contributed by atoms with Crippen LogP contribution in [0, 0.1) is 0 Å². The molecule has 1 rings (SSSR count). The van der Waals surface area contributed by atoms with Crippen LogP contribution in [0.5, 0.6) is 0 Å². The molecule has 1 atom stereocenters. The average molecular weight is 251 g/mol. The van der Waals surface area contributed by atoms with Gasteiger partial charge in [0.05, 0.1) is 0 Å². The minimum atomic E-state index is -0.802. The highest BCUT2D eigenvalue weighted by atomic mass is 32.2. The predicted octanol–water partition coefficient (Wildman–Crippen LogP) is 1.53. The number of carbonyl (C=O) groups is 1. The van der Waals surface area contributed by atoms with Crippen molar-refractivity contribution in [2.45, 2.75) is 12.2 Å². The number of rotatable bonds is 2. The molecule has 3 nitrogen and oxygen atoms in total. The molecule has 1 aliphatic rings. The molecule has 0 amide bonds. The summed E-state index contributed by atoms with van der Waals surface area (Å²) < 4.78 is 0.722. The molecule has 1 heterocycles. The lowest BCUT2D eigenvalue weighted by atomic mass is 10.5. The maximum atomic E-state index is 10.6. The van der Waals surface area contributed by atoms with E-state index in [1.165, 1.54) is 11.8 Å². The third kappa shape index (κ3) is 3.67. The fourth-order valence-electron chi connectivity index (χ4n) is 1.02. The summed E-state index contributed by atoms with van der Waals surface area (Å²) in [5.41, 5.74) is 0. The van der Waals surface area contributed by atoms with Crippen molar-refractivity contribution in [3.63, 3.8) is 0 Å². The SMILES string of the molecule is CC(SC(=S)N1CCSCC1)C(=O)O. The first kappa shape index (κ1) is 12.1. The Bertz CT molecular complexity index is 229. The molecule has 1 saturated heterocycles. The number of carboxylic acid groups (broad SMARTS) is 1. The topological polar surface area (TPSA) is 40.5 Å². The van der Waals surface area contributed by atoms with Crippen LogP contribution in [-0.4, -0.2) is 50.1 Å². The van der Waals surface area contributed by atoms with Gasteiger partial charge in [-0.3, -0.25) is 4.79 Å². The second-order valence-corrected chi connectivity index (χ2v) is 6.16. The first-order chi connectivity index (χ1) is 6.61. The minimum absolute atomic E-state index is 0.447. The fourth-order valence-corrected chi connectivity index (χ4v) is 3.28. The number of thioether (sulfide) groups is 2. The third-order valence-corrected chi connectivity index (χ3v) is 4.40. The number of nitrogens with zero attached hydrogens (tertiary/aromatic N) is 1. The summed E-state index contributed by atoms with van der Waals surface area (Å²) >= 11 is 8.36. The van der Waals surface area contributed by atoms with Gasteiger partial charge in [-0.1, -0.05) is 24.0 Å². The zero-order chi connectivity index (χ0) is 10.6. The van der Waals surface area contributed by atoms with Crippen LogP contribution in [-0.2, 0) is 4.79 Å². The molecular formula is C8H13NO2S3. The van der Waals surface area contributed by atoms with Gasteiger partial charge in [-0.15, -0.1) is 0 Å². The van der Waals surface area contributed by atoms with Crippen molar-refractivity contribution >= 4 is 46.0 Å².